The summed E-state index contributed by atoms with van der Waals surface area (Å²) in [4.78, 5) is 27.0. The van der Waals surface area contributed by atoms with Gasteiger partial charge in [0.15, 0.2) is 0 Å². The number of nitrogens with one attached hydrogen (secondary N) is 3. The summed E-state index contributed by atoms with van der Waals surface area (Å²) in [6, 6.07) is 12.4. The number of para-hydroxylation sites is 1. The molecule has 3 amide bonds. The number of nitrogens with zero attached hydrogens (tertiary/aromatic N) is 1. The van der Waals surface area contributed by atoms with Crippen LogP contribution in [0.4, 0.5) is 15.5 Å². The lowest BCUT2D eigenvalue weighted by molar-refractivity contribution is 0.0771. The molecule has 1 aliphatic rings. The maximum absolute atomic E-state index is 12.5. The van der Waals surface area contributed by atoms with E-state index >= 15 is 0 Å². The third-order valence-corrected chi connectivity index (χ3v) is 4.70. The molecule has 3 rings (SSSR count). The number of thiophene rings is 1. The van der Waals surface area contributed by atoms with Gasteiger partial charge >= 0.3 is 6.03 Å². The van der Waals surface area contributed by atoms with Crippen LogP contribution in [0.3, 0.4) is 0 Å². The molecule has 1 aliphatic heterocycles. The molecule has 0 spiro atoms. The summed E-state index contributed by atoms with van der Waals surface area (Å²) < 4.78 is 0. The monoisotopic (exact) mass is 380 g/mol. The average molecular weight is 381 g/mol. The van der Waals surface area contributed by atoms with E-state index in [0.717, 1.165) is 31.7 Å². The molecule has 134 valence electrons. The zero-order valence-corrected chi connectivity index (χ0v) is 15.3. The molecule has 2 heterocycles. The van der Waals surface area contributed by atoms with Gasteiger partial charge in [-0.3, -0.25) is 10.1 Å². The van der Waals surface area contributed by atoms with Crippen molar-refractivity contribution >= 4 is 46.4 Å². The summed E-state index contributed by atoms with van der Waals surface area (Å²) in [5, 5.41) is 9.45. The van der Waals surface area contributed by atoms with Gasteiger partial charge in [0.1, 0.15) is 0 Å². The molecule has 8 heteroatoms. The van der Waals surface area contributed by atoms with Gasteiger partial charge in [-0.1, -0.05) is 18.2 Å². The molecule has 25 heavy (non-hydrogen) atoms. The maximum atomic E-state index is 12.5. The van der Waals surface area contributed by atoms with Crippen molar-refractivity contribution in [2.75, 3.05) is 36.8 Å². The van der Waals surface area contributed by atoms with Crippen molar-refractivity contribution in [2.45, 2.75) is 6.42 Å². The Morgan fingerprint density at radius 1 is 1.00 bits per heavy atom. The second-order valence-electron chi connectivity index (χ2n) is 5.50. The number of carbonyl (C=O) groups is 2. The zero-order chi connectivity index (χ0) is 16.8. The Bertz CT molecular complexity index is 700. The predicted octanol–water partition coefficient (Wildman–Crippen LogP) is 3.25. The van der Waals surface area contributed by atoms with E-state index in [2.05, 4.69) is 16.0 Å². The highest BCUT2D eigenvalue weighted by Crippen LogP contribution is 2.23. The molecular formula is C17H21ClN4O2S. The normalized spacial score (nSPS) is 14.2. The van der Waals surface area contributed by atoms with Gasteiger partial charge in [0.25, 0.3) is 5.91 Å². The minimum atomic E-state index is -0.318. The molecule has 6 nitrogen and oxygen atoms in total. The molecule has 0 bridgehead atoms. The van der Waals surface area contributed by atoms with Crippen LogP contribution >= 0.6 is 23.7 Å². The van der Waals surface area contributed by atoms with Crippen molar-refractivity contribution in [1.29, 1.82) is 0 Å². The number of amides is 3. The first-order valence-electron chi connectivity index (χ1n) is 7.95. The van der Waals surface area contributed by atoms with Gasteiger partial charge in [-0.05, 0) is 37.2 Å². The highest BCUT2D eigenvalue weighted by Gasteiger charge is 2.19. The average Bonchev–Trinajstić information content (AvgIpc) is 2.88. The van der Waals surface area contributed by atoms with E-state index in [9.17, 15) is 9.59 Å². The fourth-order valence-electron chi connectivity index (χ4n) is 2.52. The van der Waals surface area contributed by atoms with Crippen LogP contribution in [-0.2, 0) is 0 Å². The first kappa shape index (κ1) is 19.2. The largest absolute Gasteiger partial charge is 0.337 e. The molecule has 1 aromatic carbocycles. The van der Waals surface area contributed by atoms with Crippen LogP contribution in [0.2, 0.25) is 0 Å². The van der Waals surface area contributed by atoms with Crippen molar-refractivity contribution in [3.05, 3.63) is 47.3 Å². The molecule has 0 aliphatic carbocycles. The summed E-state index contributed by atoms with van der Waals surface area (Å²) >= 11 is 1.30. The summed E-state index contributed by atoms with van der Waals surface area (Å²) in [6.07, 6.45) is 0.960. The van der Waals surface area contributed by atoms with Crippen LogP contribution in [0.25, 0.3) is 0 Å². The number of rotatable bonds is 3. The van der Waals surface area contributed by atoms with Gasteiger partial charge in [0, 0.05) is 25.3 Å². The number of hydrogen-bond acceptors (Lipinski definition) is 4. The number of benzene rings is 1. The lowest BCUT2D eigenvalue weighted by atomic mass is 10.3. The van der Waals surface area contributed by atoms with Gasteiger partial charge in [0.2, 0.25) is 0 Å². The molecule has 0 radical (unpaired) electrons. The topological polar surface area (TPSA) is 73.5 Å². The number of halogens is 1. The van der Waals surface area contributed by atoms with Gasteiger partial charge in [0.05, 0.1) is 9.88 Å². The van der Waals surface area contributed by atoms with E-state index in [1.807, 2.05) is 35.2 Å². The van der Waals surface area contributed by atoms with E-state index in [-0.39, 0.29) is 24.3 Å². The van der Waals surface area contributed by atoms with Crippen LogP contribution in [-0.4, -0.2) is 43.0 Å². The van der Waals surface area contributed by atoms with Gasteiger partial charge < -0.3 is 15.5 Å². The molecule has 0 unspecified atom stereocenters. The molecule has 1 saturated heterocycles. The van der Waals surface area contributed by atoms with Gasteiger partial charge in [-0.25, -0.2) is 4.79 Å². The van der Waals surface area contributed by atoms with Crippen molar-refractivity contribution in [3.63, 3.8) is 0 Å². The third kappa shape index (κ3) is 5.45. The molecule has 2 aromatic rings. The fraction of sp³-hybridized carbons (Fsp3) is 0.294. The van der Waals surface area contributed by atoms with Crippen LogP contribution < -0.4 is 16.0 Å². The summed E-state index contributed by atoms with van der Waals surface area (Å²) in [6.45, 7) is 3.25. The van der Waals surface area contributed by atoms with E-state index in [4.69, 9.17) is 0 Å². The second kappa shape index (κ2) is 9.41. The first-order valence-corrected chi connectivity index (χ1v) is 8.77. The Morgan fingerprint density at radius 2 is 1.80 bits per heavy atom. The highest BCUT2D eigenvalue weighted by atomic mass is 35.5. The Balaban J connectivity index is 0.00000225. The highest BCUT2D eigenvalue weighted by molar-refractivity contribution is 7.18. The van der Waals surface area contributed by atoms with Crippen molar-refractivity contribution in [2.24, 2.45) is 0 Å². The number of anilines is 2. The van der Waals surface area contributed by atoms with E-state index in [0.29, 0.717) is 16.4 Å². The first-order chi connectivity index (χ1) is 11.7. The van der Waals surface area contributed by atoms with Crippen molar-refractivity contribution in [1.82, 2.24) is 10.2 Å². The Morgan fingerprint density at radius 3 is 2.60 bits per heavy atom. The second-order valence-corrected chi connectivity index (χ2v) is 6.59. The molecular weight excluding hydrogens is 360 g/mol. The number of carbonyl (C=O) groups excluding carboxylic acids is 2. The quantitative estimate of drug-likeness (QED) is 0.765. The third-order valence-electron chi connectivity index (χ3n) is 3.71. The van der Waals surface area contributed by atoms with E-state index in [1.165, 1.54) is 11.3 Å². The molecule has 1 fully saturated rings. The molecule has 0 atom stereocenters. The molecule has 3 N–H and O–H groups in total. The zero-order valence-electron chi connectivity index (χ0n) is 13.7. The van der Waals surface area contributed by atoms with Crippen molar-refractivity contribution in [3.8, 4) is 0 Å². The molecule has 0 saturated carbocycles. The lowest BCUT2D eigenvalue weighted by Crippen LogP contribution is -2.33. The standard InChI is InChI=1S/C17H20N4O2S.ClH/c22-16(21-11-4-9-18-10-12-21)14-7-8-15(24-14)20-17(23)19-13-5-2-1-3-6-13;/h1-3,5-8,18H,4,9-12H2,(H2,19,20,23);1H. The Hall–Kier alpha value is -2.09. The minimum absolute atomic E-state index is 0. The van der Waals surface area contributed by atoms with Crippen LogP contribution in [0, 0.1) is 0 Å². The van der Waals surface area contributed by atoms with Gasteiger partial charge in [-0.2, -0.15) is 0 Å². The Labute approximate surface area is 157 Å². The van der Waals surface area contributed by atoms with Gasteiger partial charge in [-0.15, -0.1) is 23.7 Å². The Kier molecular flexibility index (Phi) is 7.24. The van der Waals surface area contributed by atoms with Crippen LogP contribution in [0.5, 0.6) is 0 Å². The maximum Gasteiger partial charge on any atom is 0.324 e. The smallest absolute Gasteiger partial charge is 0.324 e. The number of urea groups is 1. The summed E-state index contributed by atoms with van der Waals surface area (Å²) in [5.41, 5.74) is 0.722. The number of hydrogen-bond donors (Lipinski definition) is 3. The van der Waals surface area contributed by atoms with E-state index < -0.39 is 0 Å². The SMILES string of the molecule is Cl.O=C(Nc1ccccc1)Nc1ccc(C(=O)N2CCCNCC2)s1. The van der Waals surface area contributed by atoms with Crippen LogP contribution in [0.1, 0.15) is 16.1 Å². The minimum Gasteiger partial charge on any atom is -0.337 e. The fourth-order valence-corrected chi connectivity index (χ4v) is 3.39. The van der Waals surface area contributed by atoms with Crippen molar-refractivity contribution < 1.29 is 9.59 Å². The lowest BCUT2D eigenvalue weighted by Gasteiger charge is -2.18. The summed E-state index contributed by atoms with van der Waals surface area (Å²) in [7, 11) is 0. The van der Waals surface area contributed by atoms with Crippen LogP contribution in [0.15, 0.2) is 42.5 Å². The summed E-state index contributed by atoms with van der Waals surface area (Å²) in [5.74, 6) is 0.0280. The van der Waals surface area contributed by atoms with E-state index in [1.54, 1.807) is 12.1 Å². The molecule has 1 aromatic heterocycles. The predicted molar refractivity (Wildman–Crippen MR) is 104 cm³/mol.